The van der Waals surface area contributed by atoms with Gasteiger partial charge in [-0.1, -0.05) is 30.1 Å². The molecule has 6 heteroatoms. The van der Waals surface area contributed by atoms with Gasteiger partial charge in [0.05, 0.1) is 11.2 Å². The van der Waals surface area contributed by atoms with Crippen LogP contribution in [0, 0.1) is 0 Å². The Kier molecular flexibility index (Phi) is 5.50. The van der Waals surface area contributed by atoms with Gasteiger partial charge in [0.15, 0.2) is 0 Å². The van der Waals surface area contributed by atoms with Gasteiger partial charge in [-0.2, -0.15) is 5.10 Å². The molecule has 2 aromatic carbocycles. The van der Waals surface area contributed by atoms with Gasteiger partial charge in [-0.3, -0.25) is 4.79 Å². The molecule has 1 N–H and O–H groups in total. The van der Waals surface area contributed by atoms with Crippen LogP contribution in [0.2, 0.25) is 10.0 Å². The molecule has 1 aliphatic rings. The van der Waals surface area contributed by atoms with Crippen molar-refractivity contribution >= 4 is 41.0 Å². The predicted molar refractivity (Wildman–Crippen MR) is 113 cm³/mol. The molecule has 0 fully saturated rings. The highest BCUT2D eigenvalue weighted by atomic mass is 35.5. The molecule has 1 aliphatic heterocycles. The van der Waals surface area contributed by atoms with E-state index in [1.54, 1.807) is 30.5 Å². The van der Waals surface area contributed by atoms with Crippen LogP contribution < -0.4 is 10.3 Å². The van der Waals surface area contributed by atoms with E-state index < -0.39 is 0 Å². The maximum absolute atomic E-state index is 12.1. The van der Waals surface area contributed by atoms with Crippen molar-refractivity contribution in [1.29, 1.82) is 0 Å². The number of carbonyl (C=O) groups excluding carboxylic acids is 1. The number of rotatable bonds is 3. The summed E-state index contributed by atoms with van der Waals surface area (Å²) >= 11 is 12.3. The third kappa shape index (κ3) is 4.12. The first kappa shape index (κ1) is 19.7. The fourth-order valence-electron chi connectivity index (χ4n) is 3.53. The number of carbonyl (C=O) groups is 1. The Bertz CT molecular complexity index is 891. The summed E-state index contributed by atoms with van der Waals surface area (Å²) in [7, 11) is 2.10. The number of amides is 1. The summed E-state index contributed by atoms with van der Waals surface area (Å²) in [5.74, 6) is 0.117. The van der Waals surface area contributed by atoms with Crippen LogP contribution in [-0.4, -0.2) is 24.7 Å². The van der Waals surface area contributed by atoms with Gasteiger partial charge in [-0.05, 0) is 68.1 Å². The molecule has 1 unspecified atom stereocenters. The highest BCUT2D eigenvalue weighted by molar-refractivity contribution is 6.33. The van der Waals surface area contributed by atoms with Crippen LogP contribution in [-0.2, 0) is 0 Å². The van der Waals surface area contributed by atoms with Gasteiger partial charge in [0.25, 0.3) is 5.91 Å². The topological polar surface area (TPSA) is 44.7 Å². The molecule has 0 aromatic heterocycles. The Balaban J connectivity index is 1.80. The van der Waals surface area contributed by atoms with Crippen LogP contribution in [0.1, 0.15) is 54.6 Å². The van der Waals surface area contributed by atoms with E-state index in [0.717, 1.165) is 17.7 Å². The second-order valence-corrected chi connectivity index (χ2v) is 8.46. The van der Waals surface area contributed by atoms with E-state index in [9.17, 15) is 4.79 Å². The average molecular weight is 404 g/mol. The van der Waals surface area contributed by atoms with Gasteiger partial charge in [-0.25, -0.2) is 5.43 Å². The number of benzene rings is 2. The molecule has 1 atom stereocenters. The molecule has 0 spiro atoms. The molecule has 0 radical (unpaired) electrons. The molecule has 0 saturated carbocycles. The number of hydrogen-bond donors (Lipinski definition) is 1. The van der Waals surface area contributed by atoms with E-state index in [0.29, 0.717) is 21.5 Å². The Morgan fingerprint density at radius 2 is 1.93 bits per heavy atom. The molecular weight excluding hydrogens is 381 g/mol. The second-order valence-electron chi connectivity index (χ2n) is 7.62. The Morgan fingerprint density at radius 1 is 1.26 bits per heavy atom. The maximum Gasteiger partial charge on any atom is 0.271 e. The summed E-state index contributed by atoms with van der Waals surface area (Å²) in [4.78, 5) is 14.4. The Morgan fingerprint density at radius 3 is 2.59 bits per heavy atom. The van der Waals surface area contributed by atoms with E-state index >= 15 is 0 Å². The monoisotopic (exact) mass is 403 g/mol. The molecule has 142 valence electrons. The van der Waals surface area contributed by atoms with Crippen molar-refractivity contribution in [2.24, 2.45) is 5.10 Å². The SMILES string of the molecule is CC1CC(C)(C)N(C)c2cc(Cl)c(/C=N/NC(=O)c3ccc(Cl)cc3)cc21. The third-order valence-corrected chi connectivity index (χ3v) is 5.81. The zero-order valence-corrected chi connectivity index (χ0v) is 17.4. The lowest BCUT2D eigenvalue weighted by Gasteiger charge is -2.45. The molecule has 4 nitrogen and oxygen atoms in total. The van der Waals surface area contributed by atoms with Gasteiger partial charge in [0, 0.05) is 34.4 Å². The lowest BCUT2D eigenvalue weighted by atomic mass is 9.80. The number of nitrogens with zero attached hydrogens (tertiary/aromatic N) is 2. The fourth-order valence-corrected chi connectivity index (χ4v) is 3.86. The number of anilines is 1. The van der Waals surface area contributed by atoms with Crippen LogP contribution in [0.25, 0.3) is 0 Å². The van der Waals surface area contributed by atoms with Crippen LogP contribution in [0.4, 0.5) is 5.69 Å². The molecule has 3 rings (SSSR count). The minimum absolute atomic E-state index is 0.0813. The molecule has 2 aromatic rings. The first-order valence-corrected chi connectivity index (χ1v) is 9.61. The molecule has 1 heterocycles. The van der Waals surface area contributed by atoms with E-state index in [4.69, 9.17) is 23.2 Å². The summed E-state index contributed by atoms with van der Waals surface area (Å²) in [6.45, 7) is 6.70. The molecule has 0 bridgehead atoms. The summed E-state index contributed by atoms with van der Waals surface area (Å²) in [6, 6.07) is 10.7. The minimum atomic E-state index is -0.299. The average Bonchev–Trinajstić information content (AvgIpc) is 2.61. The summed E-state index contributed by atoms with van der Waals surface area (Å²) < 4.78 is 0. The van der Waals surface area contributed by atoms with Crippen molar-refractivity contribution in [3.8, 4) is 0 Å². The summed E-state index contributed by atoms with van der Waals surface area (Å²) in [5.41, 5.74) is 6.27. The van der Waals surface area contributed by atoms with Crippen LogP contribution in [0.5, 0.6) is 0 Å². The van der Waals surface area contributed by atoms with Gasteiger partial charge in [0.1, 0.15) is 0 Å². The van der Waals surface area contributed by atoms with Crippen LogP contribution >= 0.6 is 23.2 Å². The molecule has 0 saturated heterocycles. The smallest absolute Gasteiger partial charge is 0.271 e. The standard InChI is InChI=1S/C21H23Cl2N3O/c1-13-11-21(2,3)26(4)19-10-18(23)15(9-17(13)19)12-24-25-20(27)14-5-7-16(22)8-6-14/h5-10,12-13H,11H2,1-4H3,(H,25,27)/b24-12+. The lowest BCUT2D eigenvalue weighted by Crippen LogP contribution is -2.45. The van der Waals surface area contributed by atoms with E-state index in [2.05, 4.69) is 49.3 Å². The van der Waals surface area contributed by atoms with Crippen molar-refractivity contribution in [2.45, 2.75) is 38.6 Å². The third-order valence-electron chi connectivity index (χ3n) is 5.23. The van der Waals surface area contributed by atoms with Crippen LogP contribution in [0.3, 0.4) is 0 Å². The van der Waals surface area contributed by atoms with Crippen LogP contribution in [0.15, 0.2) is 41.5 Å². The van der Waals surface area contributed by atoms with Gasteiger partial charge < -0.3 is 4.90 Å². The highest BCUT2D eigenvalue weighted by Crippen LogP contribution is 2.44. The number of fused-ring (bicyclic) bond motifs is 1. The van der Waals surface area contributed by atoms with Gasteiger partial charge >= 0.3 is 0 Å². The normalized spacial score (nSPS) is 18.4. The first-order chi connectivity index (χ1) is 12.7. The molecule has 1 amide bonds. The van der Waals surface area contributed by atoms with Crippen molar-refractivity contribution in [1.82, 2.24) is 5.43 Å². The number of hydrogen-bond acceptors (Lipinski definition) is 3. The fraction of sp³-hybridized carbons (Fsp3) is 0.333. The number of hydrazone groups is 1. The Hall–Kier alpha value is -2.04. The van der Waals surface area contributed by atoms with Crippen molar-refractivity contribution in [3.63, 3.8) is 0 Å². The predicted octanol–water partition coefficient (Wildman–Crippen LogP) is 5.48. The molecular formula is C21H23Cl2N3O. The zero-order chi connectivity index (χ0) is 19.8. The molecule has 0 aliphatic carbocycles. The highest BCUT2D eigenvalue weighted by Gasteiger charge is 2.34. The largest absolute Gasteiger partial charge is 0.369 e. The lowest BCUT2D eigenvalue weighted by molar-refractivity contribution is 0.0955. The van der Waals surface area contributed by atoms with Crippen molar-refractivity contribution in [2.75, 3.05) is 11.9 Å². The maximum atomic E-state index is 12.1. The number of nitrogens with one attached hydrogen (secondary N) is 1. The summed E-state index contributed by atoms with van der Waals surface area (Å²) in [5, 5.41) is 5.26. The minimum Gasteiger partial charge on any atom is -0.369 e. The van der Waals surface area contributed by atoms with E-state index in [-0.39, 0.29) is 11.4 Å². The van der Waals surface area contributed by atoms with E-state index in [1.165, 1.54) is 5.56 Å². The summed E-state index contributed by atoms with van der Waals surface area (Å²) in [6.07, 6.45) is 2.64. The van der Waals surface area contributed by atoms with Gasteiger partial charge in [0.2, 0.25) is 0 Å². The first-order valence-electron chi connectivity index (χ1n) is 8.85. The quantitative estimate of drug-likeness (QED) is 0.544. The van der Waals surface area contributed by atoms with Gasteiger partial charge in [-0.15, -0.1) is 0 Å². The number of halogens is 2. The van der Waals surface area contributed by atoms with Crippen molar-refractivity contribution in [3.05, 3.63) is 63.1 Å². The zero-order valence-electron chi connectivity index (χ0n) is 15.9. The van der Waals surface area contributed by atoms with E-state index in [1.807, 2.05) is 6.07 Å². The molecule has 27 heavy (non-hydrogen) atoms. The Labute approximate surface area is 170 Å². The second kappa shape index (κ2) is 7.53. The van der Waals surface area contributed by atoms with Crippen molar-refractivity contribution < 1.29 is 4.79 Å².